The molecule has 0 radical (unpaired) electrons. The number of hydrogen-bond donors (Lipinski definition) is 1. The van der Waals surface area contributed by atoms with E-state index in [2.05, 4.69) is 16.0 Å². The van der Waals surface area contributed by atoms with Gasteiger partial charge in [-0.2, -0.15) is 0 Å². The first-order valence-electron chi connectivity index (χ1n) is 10.2. The van der Waals surface area contributed by atoms with Gasteiger partial charge in [-0.25, -0.2) is 0 Å². The first-order valence-corrected chi connectivity index (χ1v) is 10.2. The van der Waals surface area contributed by atoms with Crippen LogP contribution in [0.2, 0.25) is 0 Å². The molecular weight excluding hydrogens is 384 g/mol. The number of nitrogens with zero attached hydrogens (tertiary/aromatic N) is 2. The summed E-state index contributed by atoms with van der Waals surface area (Å²) >= 11 is 0. The minimum Gasteiger partial charge on any atom is -0.507 e. The Morgan fingerprint density at radius 3 is 2.60 bits per heavy atom. The van der Waals surface area contributed by atoms with Gasteiger partial charge in [-0.3, -0.25) is 9.89 Å². The topological polar surface area (TPSA) is 72.8 Å². The Labute approximate surface area is 177 Å². The summed E-state index contributed by atoms with van der Waals surface area (Å²) in [6.45, 7) is 6.13. The molecule has 0 aliphatic carbocycles. The highest BCUT2D eigenvalue weighted by Gasteiger charge is 2.23. The van der Waals surface area contributed by atoms with Crippen molar-refractivity contribution in [1.29, 1.82) is 0 Å². The van der Waals surface area contributed by atoms with Crippen molar-refractivity contribution in [3.05, 3.63) is 47.5 Å². The van der Waals surface area contributed by atoms with E-state index in [1.54, 1.807) is 38.6 Å². The summed E-state index contributed by atoms with van der Waals surface area (Å²) in [5.74, 6) is 2.29. The van der Waals surface area contributed by atoms with Crippen molar-refractivity contribution < 1.29 is 24.1 Å². The molecule has 0 saturated carbocycles. The number of hydrogen-bond acceptors (Lipinski definition) is 7. The lowest BCUT2D eigenvalue weighted by Gasteiger charge is -2.34. The number of phenols is 1. The van der Waals surface area contributed by atoms with Crippen molar-refractivity contribution >= 4 is 6.21 Å². The van der Waals surface area contributed by atoms with Gasteiger partial charge in [0, 0.05) is 24.9 Å². The molecule has 1 fully saturated rings. The van der Waals surface area contributed by atoms with Crippen molar-refractivity contribution in [3.8, 4) is 23.0 Å². The molecule has 0 aromatic heterocycles. The fourth-order valence-corrected chi connectivity index (χ4v) is 3.50. The molecule has 2 aromatic rings. The van der Waals surface area contributed by atoms with E-state index < -0.39 is 0 Å². The minimum absolute atomic E-state index is 0.0578. The van der Waals surface area contributed by atoms with Crippen LogP contribution in [0, 0.1) is 0 Å². The Hall–Kier alpha value is -2.77. The Balaban J connectivity index is 1.84. The monoisotopic (exact) mass is 414 g/mol. The third-order valence-corrected chi connectivity index (χ3v) is 5.10. The maximum absolute atomic E-state index is 10.1. The molecular formula is C23H30N2O5. The molecule has 0 amide bonds. The van der Waals surface area contributed by atoms with Gasteiger partial charge in [0.25, 0.3) is 0 Å². The minimum atomic E-state index is 0.0578. The fraction of sp³-hybridized carbons (Fsp3) is 0.435. The molecule has 7 heteroatoms. The van der Waals surface area contributed by atoms with Gasteiger partial charge in [-0.15, -0.1) is 0 Å². The molecule has 0 bridgehead atoms. The van der Waals surface area contributed by atoms with E-state index in [1.807, 2.05) is 19.1 Å². The first-order chi connectivity index (χ1) is 14.7. The SMILES string of the molecule is CCOc1ccc([C@@H](CN=Cc2cc(OC)ccc2O)N2CCOCC2)cc1OC. The van der Waals surface area contributed by atoms with E-state index in [0.29, 0.717) is 43.4 Å². The molecule has 162 valence electrons. The van der Waals surface area contributed by atoms with Crippen molar-refractivity contribution in [2.75, 3.05) is 53.7 Å². The molecule has 1 aliphatic heterocycles. The average Bonchev–Trinajstić information content (AvgIpc) is 2.79. The number of phenolic OH excluding ortho intramolecular Hbond substituents is 1. The van der Waals surface area contributed by atoms with Crippen LogP contribution in [-0.2, 0) is 4.74 Å². The zero-order chi connectivity index (χ0) is 21.3. The number of methoxy groups -OCH3 is 2. The van der Waals surface area contributed by atoms with E-state index in [1.165, 1.54) is 0 Å². The number of aromatic hydroxyl groups is 1. The van der Waals surface area contributed by atoms with Crippen molar-refractivity contribution in [3.63, 3.8) is 0 Å². The number of benzene rings is 2. The maximum Gasteiger partial charge on any atom is 0.161 e. The normalized spacial score (nSPS) is 15.8. The van der Waals surface area contributed by atoms with Crippen LogP contribution in [0.1, 0.15) is 24.1 Å². The largest absolute Gasteiger partial charge is 0.507 e. The smallest absolute Gasteiger partial charge is 0.161 e. The molecule has 0 spiro atoms. The van der Waals surface area contributed by atoms with Gasteiger partial charge in [-0.05, 0) is 42.8 Å². The quantitative estimate of drug-likeness (QED) is 0.635. The van der Waals surface area contributed by atoms with Crippen LogP contribution in [0.25, 0.3) is 0 Å². The predicted octanol–water partition coefficient (Wildman–Crippen LogP) is 3.30. The third-order valence-electron chi connectivity index (χ3n) is 5.10. The highest BCUT2D eigenvalue weighted by molar-refractivity contribution is 5.84. The van der Waals surface area contributed by atoms with E-state index in [0.717, 1.165) is 24.4 Å². The van der Waals surface area contributed by atoms with Crippen LogP contribution in [0.5, 0.6) is 23.0 Å². The summed E-state index contributed by atoms with van der Waals surface area (Å²) in [6.07, 6.45) is 1.69. The fourth-order valence-electron chi connectivity index (χ4n) is 3.50. The van der Waals surface area contributed by atoms with Crippen LogP contribution in [0.3, 0.4) is 0 Å². The lowest BCUT2D eigenvalue weighted by molar-refractivity contribution is 0.0180. The highest BCUT2D eigenvalue weighted by Crippen LogP contribution is 2.33. The zero-order valence-electron chi connectivity index (χ0n) is 17.8. The molecule has 30 heavy (non-hydrogen) atoms. The lowest BCUT2D eigenvalue weighted by atomic mass is 10.0. The average molecular weight is 415 g/mol. The Bertz CT molecular complexity index is 849. The van der Waals surface area contributed by atoms with Gasteiger partial charge in [0.1, 0.15) is 11.5 Å². The summed E-state index contributed by atoms with van der Waals surface area (Å²) in [5.41, 5.74) is 1.73. The summed E-state index contributed by atoms with van der Waals surface area (Å²) < 4.78 is 22.0. The predicted molar refractivity (Wildman–Crippen MR) is 116 cm³/mol. The third kappa shape index (κ3) is 5.43. The molecule has 0 unspecified atom stereocenters. The molecule has 2 aromatic carbocycles. The lowest BCUT2D eigenvalue weighted by Crippen LogP contribution is -2.40. The van der Waals surface area contributed by atoms with Gasteiger partial charge < -0.3 is 24.1 Å². The molecule has 1 atom stereocenters. The zero-order valence-corrected chi connectivity index (χ0v) is 17.8. The van der Waals surface area contributed by atoms with Gasteiger partial charge >= 0.3 is 0 Å². The van der Waals surface area contributed by atoms with E-state index >= 15 is 0 Å². The standard InChI is InChI=1S/C23H30N2O5/c1-4-30-22-8-5-17(14-23(22)28-3)20(25-9-11-29-12-10-25)16-24-15-18-13-19(27-2)6-7-21(18)26/h5-8,13-15,20,26H,4,9-12,16H2,1-3H3/t20-/m1/s1. The second kappa shape index (κ2) is 10.8. The molecule has 3 rings (SSSR count). The van der Waals surface area contributed by atoms with Gasteiger partial charge in [0.2, 0.25) is 0 Å². The van der Waals surface area contributed by atoms with Crippen LogP contribution in [0.4, 0.5) is 0 Å². The number of aliphatic imine (C=N–C) groups is 1. The number of ether oxygens (including phenoxy) is 4. The summed E-state index contributed by atoms with van der Waals surface area (Å²) in [7, 11) is 3.25. The Morgan fingerprint density at radius 2 is 1.90 bits per heavy atom. The number of morpholine rings is 1. The molecule has 1 heterocycles. The second-order valence-corrected chi connectivity index (χ2v) is 6.93. The summed E-state index contributed by atoms with van der Waals surface area (Å²) in [5, 5.41) is 10.1. The molecule has 7 nitrogen and oxygen atoms in total. The van der Waals surface area contributed by atoms with E-state index in [9.17, 15) is 5.11 Å². The van der Waals surface area contributed by atoms with Crippen LogP contribution >= 0.6 is 0 Å². The van der Waals surface area contributed by atoms with Crippen LogP contribution < -0.4 is 14.2 Å². The highest BCUT2D eigenvalue weighted by atomic mass is 16.5. The molecule has 1 aliphatic rings. The Kier molecular flexibility index (Phi) is 7.93. The van der Waals surface area contributed by atoms with Gasteiger partial charge in [-0.1, -0.05) is 6.07 Å². The number of rotatable bonds is 9. The molecule has 1 N–H and O–H groups in total. The summed E-state index contributed by atoms with van der Waals surface area (Å²) in [4.78, 5) is 7.01. The maximum atomic E-state index is 10.1. The van der Waals surface area contributed by atoms with E-state index in [4.69, 9.17) is 18.9 Å². The van der Waals surface area contributed by atoms with Gasteiger partial charge in [0.15, 0.2) is 11.5 Å². The van der Waals surface area contributed by atoms with Crippen LogP contribution in [0.15, 0.2) is 41.4 Å². The van der Waals surface area contributed by atoms with Gasteiger partial charge in [0.05, 0.1) is 46.6 Å². The first kappa shape index (κ1) is 21.9. The van der Waals surface area contributed by atoms with Crippen molar-refractivity contribution in [2.45, 2.75) is 13.0 Å². The Morgan fingerprint density at radius 1 is 1.10 bits per heavy atom. The van der Waals surface area contributed by atoms with E-state index in [-0.39, 0.29) is 11.8 Å². The summed E-state index contributed by atoms with van der Waals surface area (Å²) in [6, 6.07) is 11.2. The molecule has 1 saturated heterocycles. The van der Waals surface area contributed by atoms with Crippen molar-refractivity contribution in [2.24, 2.45) is 4.99 Å². The second-order valence-electron chi connectivity index (χ2n) is 6.93. The van der Waals surface area contributed by atoms with Crippen LogP contribution in [-0.4, -0.2) is 69.9 Å². The van der Waals surface area contributed by atoms with Crippen molar-refractivity contribution in [1.82, 2.24) is 4.90 Å².